The van der Waals surface area contributed by atoms with Crippen LogP contribution in [0.25, 0.3) is 0 Å². The summed E-state index contributed by atoms with van der Waals surface area (Å²) in [5.41, 5.74) is 1.22. The van der Waals surface area contributed by atoms with Gasteiger partial charge in [-0.2, -0.15) is 5.26 Å². The van der Waals surface area contributed by atoms with Crippen molar-refractivity contribution >= 4 is 5.91 Å². The van der Waals surface area contributed by atoms with Crippen molar-refractivity contribution in [1.82, 2.24) is 10.3 Å². The molecule has 5 heteroatoms. The molecule has 1 amide bonds. The molecule has 1 heterocycles. The molecular weight excluding hydrogens is 254 g/mol. The number of nitrogens with one attached hydrogen (secondary N) is 1. The van der Waals surface area contributed by atoms with Crippen molar-refractivity contribution in [3.05, 3.63) is 23.5 Å². The third kappa shape index (κ3) is 3.70. The minimum atomic E-state index is -0.216. The van der Waals surface area contributed by atoms with Crippen LogP contribution in [0.1, 0.15) is 43.9 Å². The molecule has 106 valence electrons. The Morgan fingerprint density at radius 2 is 2.25 bits per heavy atom. The molecule has 1 N–H and O–H groups in total. The maximum atomic E-state index is 11.2. The summed E-state index contributed by atoms with van der Waals surface area (Å²) in [6, 6.07) is 3.84. The van der Waals surface area contributed by atoms with Gasteiger partial charge in [-0.05, 0) is 44.2 Å². The van der Waals surface area contributed by atoms with Gasteiger partial charge in [0.15, 0.2) is 1.41 Å². The smallest absolute Gasteiger partial charge is 0.217 e. The van der Waals surface area contributed by atoms with E-state index >= 15 is 0 Å². The third-order valence-electron chi connectivity index (χ3n) is 3.47. The number of carbonyl (C=O) groups is 1. The largest absolute Gasteiger partial charge is 0.489 e. The number of pyridine rings is 1. The lowest BCUT2D eigenvalue weighted by molar-refractivity contribution is -0.120. The number of rotatable bonds is 3. The molecule has 1 aromatic rings. The summed E-state index contributed by atoms with van der Waals surface area (Å²) in [6.45, 7) is 3.25. The minimum absolute atomic E-state index is 0.0109. The molecule has 1 saturated carbocycles. The second-order valence-corrected chi connectivity index (χ2v) is 5.14. The van der Waals surface area contributed by atoms with E-state index in [9.17, 15) is 4.79 Å². The Hall–Kier alpha value is -2.09. The molecule has 1 aliphatic carbocycles. The SMILES string of the molecule is [2H]N(C(C)=O)C1CCC(Oc2cnc(C#N)c(C)c2)CC1. The average Bonchev–Trinajstić information content (AvgIpc) is 2.47. The van der Waals surface area contributed by atoms with E-state index in [1.165, 1.54) is 6.92 Å². The highest BCUT2D eigenvalue weighted by Crippen LogP contribution is 2.24. The van der Waals surface area contributed by atoms with Crippen LogP contribution < -0.4 is 10.0 Å². The molecule has 1 fully saturated rings. The molecule has 1 aliphatic rings. The van der Waals surface area contributed by atoms with Crippen LogP contribution in [0.15, 0.2) is 12.3 Å². The number of hydrogen-bond acceptors (Lipinski definition) is 4. The van der Waals surface area contributed by atoms with Gasteiger partial charge in [0, 0.05) is 13.0 Å². The lowest BCUT2D eigenvalue weighted by Crippen LogP contribution is -2.38. The van der Waals surface area contributed by atoms with E-state index < -0.39 is 0 Å². The summed E-state index contributed by atoms with van der Waals surface area (Å²) in [5.74, 6) is 0.454. The van der Waals surface area contributed by atoms with Gasteiger partial charge in [-0.1, -0.05) is 0 Å². The van der Waals surface area contributed by atoms with Crippen molar-refractivity contribution in [2.45, 2.75) is 51.7 Å². The van der Waals surface area contributed by atoms with Gasteiger partial charge in [0.2, 0.25) is 5.91 Å². The summed E-state index contributed by atoms with van der Waals surface area (Å²) in [5, 5.41) is 9.93. The fourth-order valence-electron chi connectivity index (χ4n) is 2.47. The lowest BCUT2D eigenvalue weighted by atomic mass is 9.93. The predicted molar refractivity (Wildman–Crippen MR) is 74.2 cm³/mol. The van der Waals surface area contributed by atoms with Crippen LogP contribution in [0, 0.1) is 18.3 Å². The van der Waals surface area contributed by atoms with Crippen molar-refractivity contribution in [2.24, 2.45) is 0 Å². The van der Waals surface area contributed by atoms with Crippen molar-refractivity contribution in [3.63, 3.8) is 0 Å². The van der Waals surface area contributed by atoms with Crippen molar-refractivity contribution in [1.29, 1.82) is 5.26 Å². The average molecular weight is 274 g/mol. The number of carbonyl (C=O) groups excluding carboxylic acids is 1. The molecule has 5 nitrogen and oxygen atoms in total. The minimum Gasteiger partial charge on any atom is -0.489 e. The first kappa shape index (κ1) is 12.9. The standard InChI is InChI=1S/C15H19N3O2/c1-10-7-14(9-17-15(10)8-16)20-13-5-3-12(4-6-13)18-11(2)19/h7,9,12-13H,3-6H2,1-2H3,(H,18,19)/i/hD. The summed E-state index contributed by atoms with van der Waals surface area (Å²) in [4.78, 5) is 15.2. The van der Waals surface area contributed by atoms with Gasteiger partial charge in [-0.25, -0.2) is 4.98 Å². The predicted octanol–water partition coefficient (Wildman–Crippen LogP) is 2.09. The second-order valence-electron chi connectivity index (χ2n) is 5.14. The van der Waals surface area contributed by atoms with E-state index in [0.29, 0.717) is 11.4 Å². The number of nitriles is 1. The molecule has 2 rings (SSSR count). The molecule has 0 saturated heterocycles. The normalized spacial score (nSPS) is 22.6. The topological polar surface area (TPSA) is 75.0 Å². The molecule has 1 aromatic heterocycles. The van der Waals surface area contributed by atoms with E-state index in [-0.39, 0.29) is 18.1 Å². The van der Waals surface area contributed by atoms with Gasteiger partial charge in [0.1, 0.15) is 17.5 Å². The summed E-state index contributed by atoms with van der Waals surface area (Å²) in [7, 11) is 0. The van der Waals surface area contributed by atoms with Gasteiger partial charge in [0.25, 0.3) is 0 Å². The maximum absolute atomic E-state index is 11.2. The zero-order valence-electron chi connectivity index (χ0n) is 12.8. The van der Waals surface area contributed by atoms with Crippen LogP contribution in [0.4, 0.5) is 0 Å². The van der Waals surface area contributed by atoms with E-state index in [1.807, 2.05) is 19.1 Å². The molecule has 0 radical (unpaired) electrons. The van der Waals surface area contributed by atoms with Crippen molar-refractivity contribution in [3.8, 4) is 11.8 Å². The number of nitrogens with zero attached hydrogens (tertiary/aromatic N) is 2. The van der Waals surface area contributed by atoms with Crippen LogP contribution in [0.3, 0.4) is 0 Å². The van der Waals surface area contributed by atoms with Gasteiger partial charge in [0.05, 0.1) is 12.3 Å². The highest BCUT2D eigenvalue weighted by Gasteiger charge is 2.23. The molecule has 0 spiro atoms. The molecule has 0 aliphatic heterocycles. The van der Waals surface area contributed by atoms with Gasteiger partial charge in [-0.3, -0.25) is 4.79 Å². The van der Waals surface area contributed by atoms with Gasteiger partial charge >= 0.3 is 0 Å². The Balaban J connectivity index is 1.91. The Bertz CT molecular complexity index is 563. The van der Waals surface area contributed by atoms with Crippen LogP contribution in [-0.4, -0.2) is 23.0 Å². The third-order valence-corrected chi connectivity index (χ3v) is 3.47. The Kier molecular flexibility index (Phi) is 4.12. The van der Waals surface area contributed by atoms with Crippen molar-refractivity contribution < 1.29 is 10.9 Å². The summed E-state index contributed by atoms with van der Waals surface area (Å²) in [6.07, 6.45) is 4.83. The van der Waals surface area contributed by atoms with Gasteiger partial charge < -0.3 is 10.0 Å². The Morgan fingerprint density at radius 3 is 2.80 bits per heavy atom. The zero-order valence-corrected chi connectivity index (χ0v) is 11.8. The molecule has 0 atom stereocenters. The van der Waals surface area contributed by atoms with E-state index in [2.05, 4.69) is 4.98 Å². The molecule has 0 aromatic carbocycles. The first-order valence-electron chi connectivity index (χ1n) is 7.28. The van der Waals surface area contributed by atoms with Crippen molar-refractivity contribution in [2.75, 3.05) is 0 Å². The first-order chi connectivity index (χ1) is 10.0. The number of amides is 1. The van der Waals surface area contributed by atoms with E-state index in [1.54, 1.807) is 6.20 Å². The van der Waals surface area contributed by atoms with Crippen LogP contribution in [-0.2, 0) is 4.79 Å². The molecular formula is C15H19N3O2. The molecule has 20 heavy (non-hydrogen) atoms. The second kappa shape index (κ2) is 6.38. The van der Waals surface area contributed by atoms with E-state index in [0.717, 1.165) is 36.6 Å². The van der Waals surface area contributed by atoms with Gasteiger partial charge in [-0.15, -0.1) is 0 Å². The quantitative estimate of drug-likeness (QED) is 0.915. The Labute approximate surface area is 120 Å². The summed E-state index contributed by atoms with van der Waals surface area (Å²) >= 11 is 0. The number of hydrogen-bond donors (Lipinski definition) is 1. The highest BCUT2D eigenvalue weighted by atomic mass is 16.5. The molecule has 0 bridgehead atoms. The fourth-order valence-corrected chi connectivity index (χ4v) is 2.47. The maximum Gasteiger partial charge on any atom is 0.217 e. The monoisotopic (exact) mass is 274 g/mol. The summed E-state index contributed by atoms with van der Waals surface area (Å²) < 4.78 is 13.6. The number of aryl methyl sites for hydroxylation is 1. The zero-order chi connectivity index (χ0) is 15.4. The molecule has 0 unspecified atom stereocenters. The lowest BCUT2D eigenvalue weighted by Gasteiger charge is -2.29. The van der Waals surface area contributed by atoms with Crippen LogP contribution in [0.5, 0.6) is 5.75 Å². The fraction of sp³-hybridized carbons (Fsp3) is 0.533. The van der Waals surface area contributed by atoms with Crippen LogP contribution >= 0.6 is 0 Å². The highest BCUT2D eigenvalue weighted by molar-refractivity contribution is 5.73. The first-order valence-corrected chi connectivity index (χ1v) is 6.83. The van der Waals surface area contributed by atoms with E-state index in [4.69, 9.17) is 11.4 Å². The van der Waals surface area contributed by atoms with Crippen LogP contribution in [0.2, 0.25) is 1.41 Å². The number of aromatic nitrogens is 1. The Morgan fingerprint density at radius 1 is 1.55 bits per heavy atom. The number of ether oxygens (including phenoxy) is 1.